The Bertz CT molecular complexity index is 610. The molecular weight excluding hydrogens is 302 g/mol. The van der Waals surface area contributed by atoms with Crippen molar-refractivity contribution in [3.8, 4) is 0 Å². The van der Waals surface area contributed by atoms with E-state index in [4.69, 9.17) is 5.73 Å². The van der Waals surface area contributed by atoms with Gasteiger partial charge in [0.25, 0.3) is 5.69 Å². The van der Waals surface area contributed by atoms with Gasteiger partial charge in [-0.25, -0.2) is 4.68 Å². The number of rotatable bonds is 3. The van der Waals surface area contributed by atoms with Crippen LogP contribution in [0.15, 0.2) is 22.7 Å². The molecular formula is C10H10BrN5O2. The Morgan fingerprint density at radius 1 is 1.56 bits per heavy atom. The number of benzene rings is 1. The van der Waals surface area contributed by atoms with E-state index in [9.17, 15) is 10.1 Å². The average Bonchev–Trinajstić information content (AvgIpc) is 2.63. The van der Waals surface area contributed by atoms with Crippen LogP contribution in [0, 0.1) is 17.0 Å². The Morgan fingerprint density at radius 3 is 2.78 bits per heavy atom. The van der Waals surface area contributed by atoms with Crippen molar-refractivity contribution in [2.45, 2.75) is 13.5 Å². The summed E-state index contributed by atoms with van der Waals surface area (Å²) in [5, 5.41) is 18.3. The molecule has 0 atom stereocenters. The molecule has 94 valence electrons. The van der Waals surface area contributed by atoms with Crippen LogP contribution in [0.25, 0.3) is 0 Å². The Kier molecular flexibility index (Phi) is 3.28. The summed E-state index contributed by atoms with van der Waals surface area (Å²) in [4.78, 5) is 10.2. The average molecular weight is 312 g/mol. The molecule has 0 radical (unpaired) electrons. The van der Waals surface area contributed by atoms with Gasteiger partial charge >= 0.3 is 0 Å². The monoisotopic (exact) mass is 311 g/mol. The molecule has 2 N–H and O–H groups in total. The fraction of sp³-hybridized carbons (Fsp3) is 0.200. The van der Waals surface area contributed by atoms with Gasteiger partial charge in [-0.15, -0.1) is 5.10 Å². The minimum absolute atomic E-state index is 0.0421. The number of non-ortho nitro benzene ring substituents is 1. The highest BCUT2D eigenvalue weighted by Gasteiger charge is 2.11. The van der Waals surface area contributed by atoms with Gasteiger partial charge in [0.1, 0.15) is 0 Å². The second-order valence-corrected chi connectivity index (χ2v) is 4.60. The summed E-state index contributed by atoms with van der Waals surface area (Å²) in [7, 11) is 0. The van der Waals surface area contributed by atoms with E-state index in [1.165, 1.54) is 12.1 Å². The molecule has 1 aromatic heterocycles. The maximum atomic E-state index is 10.6. The zero-order valence-electron chi connectivity index (χ0n) is 9.50. The molecule has 0 aliphatic carbocycles. The van der Waals surface area contributed by atoms with Crippen LogP contribution >= 0.6 is 15.9 Å². The minimum Gasteiger partial charge on any atom is -0.381 e. The first-order valence-corrected chi connectivity index (χ1v) is 5.86. The van der Waals surface area contributed by atoms with Crippen LogP contribution in [0.4, 0.5) is 11.5 Å². The molecule has 1 aromatic carbocycles. The quantitative estimate of drug-likeness (QED) is 0.689. The topological polar surface area (TPSA) is 99.9 Å². The van der Waals surface area contributed by atoms with E-state index in [1.54, 1.807) is 10.7 Å². The molecule has 1 heterocycles. The van der Waals surface area contributed by atoms with Crippen LogP contribution in [-0.2, 0) is 6.54 Å². The lowest BCUT2D eigenvalue weighted by Gasteiger charge is -2.05. The van der Waals surface area contributed by atoms with Crippen LogP contribution < -0.4 is 5.73 Å². The number of halogens is 1. The van der Waals surface area contributed by atoms with Gasteiger partial charge in [-0.2, -0.15) is 0 Å². The van der Waals surface area contributed by atoms with Crippen molar-refractivity contribution in [2.24, 2.45) is 0 Å². The molecule has 2 rings (SSSR count). The number of nitrogen functional groups attached to an aromatic ring is 1. The summed E-state index contributed by atoms with van der Waals surface area (Å²) in [6, 6.07) is 4.60. The molecule has 0 spiro atoms. The number of nitro groups is 1. The maximum Gasteiger partial charge on any atom is 0.270 e. The normalized spacial score (nSPS) is 10.6. The van der Waals surface area contributed by atoms with Gasteiger partial charge in [-0.1, -0.05) is 21.1 Å². The fourth-order valence-corrected chi connectivity index (χ4v) is 1.96. The summed E-state index contributed by atoms with van der Waals surface area (Å²) in [5.41, 5.74) is 7.28. The lowest BCUT2D eigenvalue weighted by molar-refractivity contribution is -0.384. The predicted octanol–water partition coefficient (Wildman–Crippen LogP) is 1.89. The summed E-state index contributed by atoms with van der Waals surface area (Å²) in [5.74, 6) is 0.382. The van der Waals surface area contributed by atoms with Crippen LogP contribution in [0.5, 0.6) is 0 Å². The second kappa shape index (κ2) is 4.73. The molecule has 8 heteroatoms. The predicted molar refractivity (Wildman–Crippen MR) is 69.1 cm³/mol. The van der Waals surface area contributed by atoms with Crippen LogP contribution in [0.1, 0.15) is 11.3 Å². The Hall–Kier alpha value is -1.96. The maximum absolute atomic E-state index is 10.6. The third-order valence-electron chi connectivity index (χ3n) is 2.59. The summed E-state index contributed by atoms with van der Waals surface area (Å²) in [6.07, 6.45) is 0. The largest absolute Gasteiger partial charge is 0.381 e. The van der Waals surface area contributed by atoms with E-state index in [1.807, 2.05) is 6.92 Å². The highest BCUT2D eigenvalue weighted by atomic mass is 79.9. The molecule has 0 fully saturated rings. The van der Waals surface area contributed by atoms with E-state index in [2.05, 4.69) is 26.2 Å². The Labute approximate surface area is 111 Å². The second-order valence-electron chi connectivity index (χ2n) is 3.75. The smallest absolute Gasteiger partial charge is 0.270 e. The highest BCUT2D eigenvalue weighted by molar-refractivity contribution is 9.10. The lowest BCUT2D eigenvalue weighted by atomic mass is 10.2. The summed E-state index contributed by atoms with van der Waals surface area (Å²) in [6.45, 7) is 2.27. The summed E-state index contributed by atoms with van der Waals surface area (Å²) < 4.78 is 2.30. The Balaban J connectivity index is 2.30. The van der Waals surface area contributed by atoms with Gasteiger partial charge in [0, 0.05) is 16.6 Å². The van der Waals surface area contributed by atoms with Gasteiger partial charge in [0.05, 0.1) is 17.2 Å². The molecule has 0 aliphatic rings. The van der Waals surface area contributed by atoms with Gasteiger partial charge in [-0.05, 0) is 18.6 Å². The molecule has 0 bridgehead atoms. The van der Waals surface area contributed by atoms with E-state index in [-0.39, 0.29) is 5.69 Å². The number of hydrogen-bond acceptors (Lipinski definition) is 5. The number of nitrogens with two attached hydrogens (primary N) is 1. The van der Waals surface area contributed by atoms with Crippen molar-refractivity contribution in [1.29, 1.82) is 0 Å². The van der Waals surface area contributed by atoms with Crippen LogP contribution in [0.3, 0.4) is 0 Å². The fourth-order valence-electron chi connectivity index (χ4n) is 1.46. The zero-order valence-corrected chi connectivity index (χ0v) is 11.1. The zero-order chi connectivity index (χ0) is 13.3. The first-order valence-electron chi connectivity index (χ1n) is 5.07. The van der Waals surface area contributed by atoms with E-state index in [0.29, 0.717) is 16.8 Å². The number of nitro benzene ring substituents is 1. The van der Waals surface area contributed by atoms with Crippen molar-refractivity contribution in [3.63, 3.8) is 0 Å². The first-order chi connectivity index (χ1) is 8.49. The van der Waals surface area contributed by atoms with Crippen molar-refractivity contribution < 1.29 is 4.92 Å². The van der Waals surface area contributed by atoms with E-state index in [0.717, 1.165) is 11.3 Å². The van der Waals surface area contributed by atoms with Crippen LogP contribution in [-0.4, -0.2) is 19.9 Å². The van der Waals surface area contributed by atoms with Gasteiger partial charge < -0.3 is 5.73 Å². The van der Waals surface area contributed by atoms with Gasteiger partial charge in [0.2, 0.25) is 0 Å². The van der Waals surface area contributed by atoms with Gasteiger partial charge in [0.15, 0.2) is 5.82 Å². The van der Waals surface area contributed by atoms with Crippen LogP contribution in [0.2, 0.25) is 0 Å². The molecule has 18 heavy (non-hydrogen) atoms. The van der Waals surface area contributed by atoms with Crippen molar-refractivity contribution >= 4 is 27.4 Å². The molecule has 2 aromatic rings. The Morgan fingerprint density at radius 2 is 2.28 bits per heavy atom. The lowest BCUT2D eigenvalue weighted by Crippen LogP contribution is -2.05. The molecule has 7 nitrogen and oxygen atoms in total. The molecule has 0 saturated carbocycles. The summed E-state index contributed by atoms with van der Waals surface area (Å²) >= 11 is 3.31. The number of anilines is 1. The third kappa shape index (κ3) is 2.33. The number of aromatic nitrogens is 3. The van der Waals surface area contributed by atoms with Crippen molar-refractivity contribution in [3.05, 3.63) is 44.0 Å². The molecule has 0 saturated heterocycles. The third-order valence-corrected chi connectivity index (χ3v) is 3.32. The molecule has 0 amide bonds. The standard InChI is InChI=1S/C10H10BrN5O2/c1-6-10(12)13-14-15(6)5-7-2-3-8(16(17)18)4-9(7)11/h2-4H,5,12H2,1H3. The van der Waals surface area contributed by atoms with Gasteiger partial charge in [-0.3, -0.25) is 10.1 Å². The molecule has 0 aliphatic heterocycles. The minimum atomic E-state index is -0.437. The number of nitrogens with zero attached hydrogens (tertiary/aromatic N) is 4. The van der Waals surface area contributed by atoms with Crippen molar-refractivity contribution in [1.82, 2.24) is 15.0 Å². The first kappa shape index (κ1) is 12.5. The SMILES string of the molecule is Cc1c(N)nnn1Cc1ccc([N+](=O)[O-])cc1Br. The van der Waals surface area contributed by atoms with Crippen molar-refractivity contribution in [2.75, 3.05) is 5.73 Å². The number of hydrogen-bond donors (Lipinski definition) is 1. The highest BCUT2D eigenvalue weighted by Crippen LogP contribution is 2.24. The molecule has 0 unspecified atom stereocenters. The van der Waals surface area contributed by atoms with E-state index < -0.39 is 4.92 Å². The van der Waals surface area contributed by atoms with E-state index >= 15 is 0 Å².